The first kappa shape index (κ1) is 10.1. The van der Waals surface area contributed by atoms with Gasteiger partial charge in [-0.25, -0.2) is 5.90 Å². The minimum Gasteiger partial charge on any atom is -0.294 e. The quantitative estimate of drug-likeness (QED) is 0.760. The molecule has 3 nitrogen and oxygen atoms in total. The maximum atomic E-state index is 5.31. The molecule has 0 aliphatic carbocycles. The van der Waals surface area contributed by atoms with Crippen LogP contribution < -0.4 is 5.90 Å². The van der Waals surface area contributed by atoms with Crippen LogP contribution in [0, 0.1) is 0 Å². The summed E-state index contributed by atoms with van der Waals surface area (Å²) >= 11 is 0. The van der Waals surface area contributed by atoms with Gasteiger partial charge >= 0.3 is 0 Å². The average Bonchev–Trinajstić information content (AvgIpc) is 2.28. The third-order valence-electron chi connectivity index (χ3n) is 2.59. The van der Waals surface area contributed by atoms with Crippen molar-refractivity contribution in [3.05, 3.63) is 42.1 Å². The van der Waals surface area contributed by atoms with E-state index in [-0.39, 0.29) is 0 Å². The van der Waals surface area contributed by atoms with Crippen LogP contribution in [0.5, 0.6) is 0 Å². The number of hydrogen-bond donors (Lipinski definition) is 1. The first-order chi connectivity index (χ1) is 7.15. The summed E-state index contributed by atoms with van der Waals surface area (Å²) in [5, 5.41) is 1.08. The van der Waals surface area contributed by atoms with Crippen molar-refractivity contribution in [1.29, 1.82) is 0 Å². The van der Waals surface area contributed by atoms with Crippen LogP contribution in [-0.2, 0) is 10.4 Å². The normalized spacial score (nSPS) is 11.9. The number of rotatable bonds is 2. The number of para-hydroxylation sites is 1. The van der Waals surface area contributed by atoms with Crippen LogP contribution in [0.2, 0.25) is 0 Å². The maximum absolute atomic E-state index is 5.31. The second-order valence-electron chi connectivity index (χ2n) is 4.00. The van der Waals surface area contributed by atoms with Crippen LogP contribution in [-0.4, -0.2) is 4.98 Å². The molecular weight excluding hydrogens is 188 g/mol. The van der Waals surface area contributed by atoms with Gasteiger partial charge in [0.1, 0.15) is 5.60 Å². The summed E-state index contributed by atoms with van der Waals surface area (Å²) in [6.07, 6.45) is 1.78. The summed E-state index contributed by atoms with van der Waals surface area (Å²) in [7, 11) is 0. The van der Waals surface area contributed by atoms with E-state index in [2.05, 4.69) is 4.98 Å². The Labute approximate surface area is 88.8 Å². The van der Waals surface area contributed by atoms with Crippen LogP contribution in [0.15, 0.2) is 36.5 Å². The fraction of sp³-hybridized carbons (Fsp3) is 0.250. The summed E-state index contributed by atoms with van der Waals surface area (Å²) < 4.78 is 0. The summed E-state index contributed by atoms with van der Waals surface area (Å²) in [4.78, 5) is 9.30. The molecule has 0 aliphatic heterocycles. The Hall–Kier alpha value is -1.45. The highest BCUT2D eigenvalue weighted by molar-refractivity contribution is 5.82. The van der Waals surface area contributed by atoms with Gasteiger partial charge in [0, 0.05) is 11.6 Å². The molecule has 1 aromatic carbocycles. The lowest BCUT2D eigenvalue weighted by molar-refractivity contribution is -0.0225. The number of pyridine rings is 1. The Morgan fingerprint density at radius 3 is 2.67 bits per heavy atom. The highest BCUT2D eigenvalue weighted by Crippen LogP contribution is 2.28. The first-order valence-electron chi connectivity index (χ1n) is 4.87. The minimum atomic E-state index is -0.497. The SMILES string of the molecule is CC(C)(ON)c1ccnc2ccccc12. The summed E-state index contributed by atoms with van der Waals surface area (Å²) in [6, 6.07) is 9.90. The van der Waals surface area contributed by atoms with Crippen LogP contribution in [0.3, 0.4) is 0 Å². The fourth-order valence-corrected chi connectivity index (χ4v) is 1.68. The molecule has 0 unspecified atom stereocenters. The van der Waals surface area contributed by atoms with E-state index in [0.717, 1.165) is 16.5 Å². The van der Waals surface area contributed by atoms with E-state index in [1.807, 2.05) is 44.2 Å². The number of nitrogens with zero attached hydrogens (tertiary/aromatic N) is 1. The van der Waals surface area contributed by atoms with Gasteiger partial charge in [-0.1, -0.05) is 18.2 Å². The molecule has 15 heavy (non-hydrogen) atoms. The zero-order chi connectivity index (χ0) is 10.9. The molecule has 78 valence electrons. The molecule has 2 aromatic rings. The van der Waals surface area contributed by atoms with Crippen molar-refractivity contribution in [2.24, 2.45) is 5.90 Å². The second kappa shape index (κ2) is 3.61. The zero-order valence-corrected chi connectivity index (χ0v) is 8.90. The van der Waals surface area contributed by atoms with Gasteiger partial charge in [0.15, 0.2) is 0 Å². The molecule has 3 heteroatoms. The van der Waals surface area contributed by atoms with E-state index in [4.69, 9.17) is 10.7 Å². The smallest absolute Gasteiger partial charge is 0.109 e. The number of benzene rings is 1. The Bertz CT molecular complexity index is 475. The number of fused-ring (bicyclic) bond motifs is 1. The lowest BCUT2D eigenvalue weighted by Crippen LogP contribution is -2.25. The molecule has 0 atom stereocenters. The van der Waals surface area contributed by atoms with E-state index in [0.29, 0.717) is 0 Å². The molecule has 1 aromatic heterocycles. The molecule has 0 saturated heterocycles. The van der Waals surface area contributed by atoms with Crippen molar-refractivity contribution >= 4 is 10.9 Å². The van der Waals surface area contributed by atoms with E-state index >= 15 is 0 Å². The predicted octanol–water partition coefficient (Wildman–Crippen LogP) is 2.36. The van der Waals surface area contributed by atoms with Crippen LogP contribution in [0.4, 0.5) is 0 Å². The lowest BCUT2D eigenvalue weighted by Gasteiger charge is -2.23. The molecule has 0 bridgehead atoms. The highest BCUT2D eigenvalue weighted by Gasteiger charge is 2.22. The molecular formula is C12H14N2O. The zero-order valence-electron chi connectivity index (χ0n) is 8.90. The van der Waals surface area contributed by atoms with Gasteiger partial charge in [-0.2, -0.15) is 0 Å². The van der Waals surface area contributed by atoms with Crippen molar-refractivity contribution in [2.75, 3.05) is 0 Å². The fourth-order valence-electron chi connectivity index (χ4n) is 1.68. The molecule has 0 aliphatic rings. The molecule has 0 saturated carbocycles. The van der Waals surface area contributed by atoms with Gasteiger partial charge in [-0.3, -0.25) is 9.82 Å². The standard InChI is InChI=1S/C12H14N2O/c1-12(2,15-13)10-7-8-14-11-6-4-3-5-9(10)11/h3-8H,13H2,1-2H3. The monoisotopic (exact) mass is 202 g/mol. The maximum Gasteiger partial charge on any atom is 0.109 e. The van der Waals surface area contributed by atoms with Crippen LogP contribution in [0.25, 0.3) is 10.9 Å². The Balaban J connectivity index is 2.71. The second-order valence-corrected chi connectivity index (χ2v) is 4.00. The van der Waals surface area contributed by atoms with E-state index in [1.54, 1.807) is 6.20 Å². The molecule has 2 rings (SSSR count). The molecule has 1 heterocycles. The Morgan fingerprint density at radius 2 is 1.93 bits per heavy atom. The van der Waals surface area contributed by atoms with Crippen molar-refractivity contribution < 1.29 is 4.84 Å². The number of hydrogen-bond acceptors (Lipinski definition) is 3. The Morgan fingerprint density at radius 1 is 1.20 bits per heavy atom. The van der Waals surface area contributed by atoms with Crippen LogP contribution >= 0.6 is 0 Å². The van der Waals surface area contributed by atoms with Gasteiger partial charge in [-0.15, -0.1) is 0 Å². The van der Waals surface area contributed by atoms with Crippen molar-refractivity contribution in [1.82, 2.24) is 4.98 Å². The molecule has 0 spiro atoms. The largest absolute Gasteiger partial charge is 0.294 e. The van der Waals surface area contributed by atoms with Crippen LogP contribution in [0.1, 0.15) is 19.4 Å². The molecule has 2 N–H and O–H groups in total. The topological polar surface area (TPSA) is 48.1 Å². The van der Waals surface area contributed by atoms with E-state index in [1.165, 1.54) is 0 Å². The molecule has 0 radical (unpaired) electrons. The van der Waals surface area contributed by atoms with Gasteiger partial charge in [0.2, 0.25) is 0 Å². The Kier molecular flexibility index (Phi) is 2.42. The number of nitrogens with two attached hydrogens (primary N) is 1. The van der Waals surface area contributed by atoms with Gasteiger partial charge in [0.25, 0.3) is 0 Å². The number of aromatic nitrogens is 1. The van der Waals surface area contributed by atoms with E-state index < -0.39 is 5.60 Å². The predicted molar refractivity (Wildman–Crippen MR) is 60.0 cm³/mol. The van der Waals surface area contributed by atoms with Crippen molar-refractivity contribution in [3.8, 4) is 0 Å². The van der Waals surface area contributed by atoms with Gasteiger partial charge in [0.05, 0.1) is 5.52 Å². The first-order valence-corrected chi connectivity index (χ1v) is 4.87. The van der Waals surface area contributed by atoms with Crippen molar-refractivity contribution in [3.63, 3.8) is 0 Å². The third-order valence-corrected chi connectivity index (χ3v) is 2.59. The minimum absolute atomic E-state index is 0.497. The highest BCUT2D eigenvalue weighted by atomic mass is 16.6. The third kappa shape index (κ3) is 1.71. The summed E-state index contributed by atoms with van der Waals surface area (Å²) in [5.41, 5.74) is 1.51. The van der Waals surface area contributed by atoms with Crippen molar-refractivity contribution in [2.45, 2.75) is 19.4 Å². The van der Waals surface area contributed by atoms with Gasteiger partial charge < -0.3 is 0 Å². The summed E-state index contributed by atoms with van der Waals surface area (Å²) in [5.74, 6) is 5.31. The van der Waals surface area contributed by atoms with Gasteiger partial charge in [-0.05, 0) is 31.5 Å². The van der Waals surface area contributed by atoms with E-state index in [9.17, 15) is 0 Å². The molecule has 0 fully saturated rings. The lowest BCUT2D eigenvalue weighted by atomic mass is 9.95. The average molecular weight is 202 g/mol. The summed E-state index contributed by atoms with van der Waals surface area (Å²) in [6.45, 7) is 3.88. The molecule has 0 amide bonds.